The number of primary amides is 1. The molecule has 7 heteroatoms. The van der Waals surface area contributed by atoms with Gasteiger partial charge in [-0.15, -0.1) is 0 Å². The fourth-order valence-electron chi connectivity index (χ4n) is 2.96. The molecule has 0 fully saturated rings. The number of anilines is 1. The molecule has 0 heterocycles. The Bertz CT molecular complexity index is 1040. The summed E-state index contributed by atoms with van der Waals surface area (Å²) < 4.78 is 20.0. The van der Waals surface area contributed by atoms with Crippen LogP contribution in [0, 0.1) is 5.82 Å². The molecular formula is C22H21FN2O4. The minimum atomic E-state index is -0.769. The smallest absolute Gasteiger partial charge is 0.252 e. The second kappa shape index (κ2) is 8.52. The highest BCUT2D eigenvalue weighted by molar-refractivity contribution is 5.95. The average Bonchev–Trinajstić information content (AvgIpc) is 2.68. The number of benzene rings is 3. The molecule has 0 aliphatic heterocycles. The molecule has 0 radical (unpaired) electrons. The maximum absolute atomic E-state index is 14.6. The van der Waals surface area contributed by atoms with Crippen molar-refractivity contribution < 1.29 is 24.1 Å². The number of para-hydroxylation sites is 2. The third kappa shape index (κ3) is 4.57. The van der Waals surface area contributed by atoms with E-state index in [1.54, 1.807) is 24.3 Å². The Labute approximate surface area is 167 Å². The molecule has 0 saturated carbocycles. The lowest BCUT2D eigenvalue weighted by molar-refractivity contribution is 0.0997. The number of carbonyl (C=O) groups excluding carboxylic acids is 1. The molecule has 3 aromatic rings. The number of hydrogen-bond acceptors (Lipinski definition) is 5. The molecule has 150 valence electrons. The highest BCUT2D eigenvalue weighted by Gasteiger charge is 2.13. The summed E-state index contributed by atoms with van der Waals surface area (Å²) in [5.41, 5.74) is 6.46. The first-order chi connectivity index (χ1) is 13.9. The molecule has 0 saturated heterocycles. The molecule has 1 amide bonds. The molecule has 0 unspecified atom stereocenters. The highest BCUT2D eigenvalue weighted by Crippen LogP contribution is 2.31. The largest absolute Gasteiger partial charge is 0.507 e. The molecule has 29 heavy (non-hydrogen) atoms. The van der Waals surface area contributed by atoms with Crippen molar-refractivity contribution in [1.82, 2.24) is 0 Å². The van der Waals surface area contributed by atoms with Gasteiger partial charge in [0.25, 0.3) is 5.91 Å². The van der Waals surface area contributed by atoms with Gasteiger partial charge in [0.2, 0.25) is 0 Å². The van der Waals surface area contributed by atoms with E-state index in [-0.39, 0.29) is 28.6 Å². The van der Waals surface area contributed by atoms with E-state index in [0.717, 1.165) is 0 Å². The van der Waals surface area contributed by atoms with E-state index in [9.17, 15) is 19.4 Å². The number of halogens is 1. The van der Waals surface area contributed by atoms with Gasteiger partial charge in [0, 0.05) is 19.2 Å². The van der Waals surface area contributed by atoms with Crippen LogP contribution >= 0.6 is 0 Å². The number of hydrogen-bond donors (Lipinski definition) is 3. The lowest BCUT2D eigenvalue weighted by Gasteiger charge is -2.24. The molecule has 4 N–H and O–H groups in total. The molecule has 6 nitrogen and oxygen atoms in total. The maximum Gasteiger partial charge on any atom is 0.252 e. The minimum absolute atomic E-state index is 0.0226. The van der Waals surface area contributed by atoms with Crippen LogP contribution in [-0.4, -0.2) is 22.7 Å². The van der Waals surface area contributed by atoms with Crippen molar-refractivity contribution in [2.45, 2.75) is 13.5 Å². The minimum Gasteiger partial charge on any atom is -0.507 e. The van der Waals surface area contributed by atoms with Crippen molar-refractivity contribution in [2.24, 2.45) is 5.73 Å². The first-order valence-corrected chi connectivity index (χ1v) is 9.01. The molecule has 3 rings (SSSR count). The Morgan fingerprint density at radius 2 is 1.83 bits per heavy atom. The van der Waals surface area contributed by atoms with Crippen LogP contribution in [0.1, 0.15) is 22.8 Å². The summed E-state index contributed by atoms with van der Waals surface area (Å²) in [6.07, 6.45) is 0. The molecule has 0 aliphatic rings. The summed E-state index contributed by atoms with van der Waals surface area (Å²) >= 11 is 0. The number of phenolic OH excluding ortho intramolecular Hbond substituents is 1. The predicted molar refractivity (Wildman–Crippen MR) is 108 cm³/mol. The summed E-state index contributed by atoms with van der Waals surface area (Å²) in [4.78, 5) is 13.1. The predicted octanol–water partition coefficient (Wildman–Crippen LogP) is 4.15. The van der Waals surface area contributed by atoms with Gasteiger partial charge >= 0.3 is 0 Å². The van der Waals surface area contributed by atoms with Crippen molar-refractivity contribution in [3.8, 4) is 23.0 Å². The van der Waals surface area contributed by atoms with Gasteiger partial charge in [-0.3, -0.25) is 4.79 Å². The molecular weight excluding hydrogens is 375 g/mol. The Hall–Kier alpha value is -3.74. The van der Waals surface area contributed by atoms with Crippen LogP contribution in [0.25, 0.3) is 0 Å². The van der Waals surface area contributed by atoms with Gasteiger partial charge < -0.3 is 25.6 Å². The number of carbonyl (C=O) groups is 1. The fourth-order valence-corrected chi connectivity index (χ4v) is 2.96. The van der Waals surface area contributed by atoms with Crippen LogP contribution in [0.15, 0.2) is 60.7 Å². The van der Waals surface area contributed by atoms with Gasteiger partial charge in [0.05, 0.1) is 11.3 Å². The summed E-state index contributed by atoms with van der Waals surface area (Å²) in [6, 6.07) is 15.5. The zero-order chi connectivity index (χ0) is 21.0. The molecule has 0 atom stereocenters. The Morgan fingerprint density at radius 1 is 1.07 bits per heavy atom. The number of nitrogens with zero attached hydrogens (tertiary/aromatic N) is 1. The van der Waals surface area contributed by atoms with Crippen LogP contribution in [0.3, 0.4) is 0 Å². The zero-order valence-electron chi connectivity index (χ0n) is 15.8. The van der Waals surface area contributed by atoms with Gasteiger partial charge in [0.1, 0.15) is 17.2 Å². The molecule has 3 aromatic carbocycles. The maximum atomic E-state index is 14.6. The van der Waals surface area contributed by atoms with Gasteiger partial charge in [-0.1, -0.05) is 18.2 Å². The second-order valence-electron chi connectivity index (χ2n) is 6.41. The van der Waals surface area contributed by atoms with E-state index in [2.05, 4.69) is 0 Å². The zero-order valence-corrected chi connectivity index (χ0v) is 15.8. The van der Waals surface area contributed by atoms with E-state index in [1.165, 1.54) is 30.3 Å². The lowest BCUT2D eigenvalue weighted by atomic mass is 10.1. The van der Waals surface area contributed by atoms with Crippen molar-refractivity contribution in [1.29, 1.82) is 0 Å². The number of amides is 1. The van der Waals surface area contributed by atoms with Gasteiger partial charge in [0.15, 0.2) is 11.6 Å². The van der Waals surface area contributed by atoms with Crippen LogP contribution in [-0.2, 0) is 6.54 Å². The monoisotopic (exact) mass is 396 g/mol. The SMILES string of the molecule is CCN(Cc1ccc(Oc2ccc(C(N)=O)c(O)c2)c(F)c1)c1ccccc1O. The normalized spacial score (nSPS) is 10.6. The van der Waals surface area contributed by atoms with Crippen LogP contribution in [0.5, 0.6) is 23.0 Å². The summed E-state index contributed by atoms with van der Waals surface area (Å²) in [6.45, 7) is 2.98. The molecule has 0 aliphatic carbocycles. The van der Waals surface area contributed by atoms with Gasteiger partial charge in [-0.2, -0.15) is 0 Å². The number of nitrogens with two attached hydrogens (primary N) is 1. The fraction of sp³-hybridized carbons (Fsp3) is 0.136. The summed E-state index contributed by atoms with van der Waals surface area (Å²) in [5.74, 6) is -1.37. The number of phenols is 2. The van der Waals surface area contributed by atoms with Crippen LogP contribution in [0.2, 0.25) is 0 Å². The Balaban J connectivity index is 1.77. The van der Waals surface area contributed by atoms with Gasteiger partial charge in [-0.25, -0.2) is 4.39 Å². The molecule has 0 spiro atoms. The topological polar surface area (TPSA) is 96.0 Å². The van der Waals surface area contributed by atoms with Crippen LogP contribution < -0.4 is 15.4 Å². The number of aromatic hydroxyl groups is 2. The standard InChI is InChI=1S/C22H21FN2O4/c1-2-25(18-5-3-4-6-19(18)26)13-14-7-10-21(17(23)11-14)29-15-8-9-16(22(24)28)20(27)12-15/h3-12,26-27H,2,13H2,1H3,(H2,24,28). The first kappa shape index (κ1) is 20.0. The highest BCUT2D eigenvalue weighted by atomic mass is 19.1. The quantitative estimate of drug-likeness (QED) is 0.557. The van der Waals surface area contributed by atoms with E-state index in [1.807, 2.05) is 17.9 Å². The third-order valence-corrected chi connectivity index (χ3v) is 4.44. The molecule has 0 bridgehead atoms. The van der Waals surface area contributed by atoms with Crippen molar-refractivity contribution >= 4 is 11.6 Å². The number of ether oxygens (including phenoxy) is 1. The average molecular weight is 396 g/mol. The van der Waals surface area contributed by atoms with Crippen molar-refractivity contribution in [3.05, 3.63) is 77.6 Å². The summed E-state index contributed by atoms with van der Waals surface area (Å²) in [5, 5.41) is 19.9. The summed E-state index contributed by atoms with van der Waals surface area (Å²) in [7, 11) is 0. The Morgan fingerprint density at radius 3 is 2.45 bits per heavy atom. The third-order valence-electron chi connectivity index (χ3n) is 4.44. The number of rotatable bonds is 7. The van der Waals surface area contributed by atoms with Crippen LogP contribution in [0.4, 0.5) is 10.1 Å². The second-order valence-corrected chi connectivity index (χ2v) is 6.41. The van der Waals surface area contributed by atoms with E-state index < -0.39 is 11.7 Å². The molecule has 0 aromatic heterocycles. The van der Waals surface area contributed by atoms with E-state index in [0.29, 0.717) is 24.3 Å². The van der Waals surface area contributed by atoms with Gasteiger partial charge in [-0.05, 0) is 48.9 Å². The van der Waals surface area contributed by atoms with Crippen molar-refractivity contribution in [2.75, 3.05) is 11.4 Å². The first-order valence-electron chi connectivity index (χ1n) is 9.01. The van der Waals surface area contributed by atoms with E-state index in [4.69, 9.17) is 10.5 Å². The Kier molecular flexibility index (Phi) is 5.87. The van der Waals surface area contributed by atoms with Crippen molar-refractivity contribution in [3.63, 3.8) is 0 Å². The lowest BCUT2D eigenvalue weighted by Crippen LogP contribution is -2.22. The van der Waals surface area contributed by atoms with E-state index >= 15 is 0 Å².